The lowest BCUT2D eigenvalue weighted by Crippen LogP contribution is -2.30. The second-order valence-electron chi connectivity index (χ2n) is 3.73. The summed E-state index contributed by atoms with van der Waals surface area (Å²) >= 11 is 0. The van der Waals surface area contributed by atoms with Crippen LogP contribution in [-0.4, -0.2) is 14.5 Å². The van der Waals surface area contributed by atoms with Gasteiger partial charge in [0.15, 0.2) is 0 Å². The number of nitrogens with zero attached hydrogens (tertiary/aromatic N) is 3. The first-order valence-electron chi connectivity index (χ1n) is 5.08. The monoisotopic (exact) mass is 217 g/mol. The van der Waals surface area contributed by atoms with Crippen LogP contribution < -0.4 is 11.3 Å². The molecule has 0 spiro atoms. The number of hydrogen-bond acceptors (Lipinski definition) is 4. The zero-order valence-corrected chi connectivity index (χ0v) is 9.38. The van der Waals surface area contributed by atoms with E-state index in [0.29, 0.717) is 0 Å². The fourth-order valence-electron chi connectivity index (χ4n) is 1.63. The number of pyridine rings is 1. The minimum atomic E-state index is -0.131. The average Bonchev–Trinajstić information content (AvgIpc) is 2.69. The van der Waals surface area contributed by atoms with E-state index >= 15 is 0 Å². The van der Waals surface area contributed by atoms with Gasteiger partial charge in [0, 0.05) is 31.3 Å². The summed E-state index contributed by atoms with van der Waals surface area (Å²) < 4.78 is 1.93. The molecule has 0 saturated heterocycles. The lowest BCUT2D eigenvalue weighted by molar-refractivity contribution is 0.578. The normalized spacial score (nSPS) is 12.7. The van der Waals surface area contributed by atoms with Gasteiger partial charge >= 0.3 is 0 Å². The van der Waals surface area contributed by atoms with Crippen LogP contribution in [0.4, 0.5) is 0 Å². The first-order valence-corrected chi connectivity index (χ1v) is 5.08. The first-order chi connectivity index (χ1) is 7.72. The van der Waals surface area contributed by atoms with Crippen molar-refractivity contribution in [3.63, 3.8) is 0 Å². The van der Waals surface area contributed by atoms with E-state index in [9.17, 15) is 0 Å². The Kier molecular flexibility index (Phi) is 2.98. The highest BCUT2D eigenvalue weighted by Crippen LogP contribution is 2.18. The highest BCUT2D eigenvalue weighted by Gasteiger charge is 2.16. The summed E-state index contributed by atoms with van der Waals surface area (Å²) in [7, 11) is 1.94. The van der Waals surface area contributed by atoms with Crippen LogP contribution in [0.15, 0.2) is 30.7 Å². The maximum absolute atomic E-state index is 5.57. The highest BCUT2D eigenvalue weighted by molar-refractivity contribution is 5.23. The van der Waals surface area contributed by atoms with Gasteiger partial charge in [0.2, 0.25) is 0 Å². The minimum absolute atomic E-state index is 0.131. The van der Waals surface area contributed by atoms with Crippen molar-refractivity contribution < 1.29 is 0 Å². The molecule has 2 rings (SSSR count). The summed E-state index contributed by atoms with van der Waals surface area (Å²) in [5.41, 5.74) is 4.75. The summed E-state index contributed by atoms with van der Waals surface area (Å²) in [4.78, 5) is 8.53. The molecule has 2 aromatic rings. The van der Waals surface area contributed by atoms with E-state index < -0.39 is 0 Å². The fourth-order valence-corrected chi connectivity index (χ4v) is 1.63. The van der Waals surface area contributed by atoms with Crippen molar-refractivity contribution in [2.45, 2.75) is 13.0 Å². The lowest BCUT2D eigenvalue weighted by atomic mass is 10.1. The molecule has 0 saturated carbocycles. The molecule has 2 aromatic heterocycles. The van der Waals surface area contributed by atoms with E-state index in [4.69, 9.17) is 5.84 Å². The SMILES string of the molecule is Cc1ccc(C(NN)c2nccn2C)cn1. The molecule has 1 atom stereocenters. The molecule has 0 radical (unpaired) electrons. The van der Waals surface area contributed by atoms with Gasteiger partial charge in [0.1, 0.15) is 11.9 Å². The van der Waals surface area contributed by atoms with Crippen LogP contribution in [0.2, 0.25) is 0 Å². The van der Waals surface area contributed by atoms with Crippen LogP contribution in [0, 0.1) is 6.92 Å². The van der Waals surface area contributed by atoms with Crippen molar-refractivity contribution >= 4 is 0 Å². The molecular weight excluding hydrogens is 202 g/mol. The van der Waals surface area contributed by atoms with E-state index in [-0.39, 0.29) is 6.04 Å². The molecule has 0 aliphatic heterocycles. The number of nitrogens with two attached hydrogens (primary N) is 1. The number of nitrogens with one attached hydrogen (secondary N) is 1. The quantitative estimate of drug-likeness (QED) is 0.586. The van der Waals surface area contributed by atoms with Gasteiger partial charge in [0.25, 0.3) is 0 Å². The molecule has 0 aliphatic carbocycles. The summed E-state index contributed by atoms with van der Waals surface area (Å²) in [6.45, 7) is 1.95. The van der Waals surface area contributed by atoms with Gasteiger partial charge in [0.05, 0.1) is 0 Å². The summed E-state index contributed by atoms with van der Waals surface area (Å²) in [5, 5.41) is 0. The molecule has 3 N–H and O–H groups in total. The van der Waals surface area contributed by atoms with Crippen molar-refractivity contribution in [1.82, 2.24) is 20.0 Å². The predicted molar refractivity (Wildman–Crippen MR) is 61.3 cm³/mol. The Balaban J connectivity index is 2.37. The van der Waals surface area contributed by atoms with Crippen LogP contribution >= 0.6 is 0 Å². The van der Waals surface area contributed by atoms with Crippen LogP contribution in [0.25, 0.3) is 0 Å². The average molecular weight is 217 g/mol. The van der Waals surface area contributed by atoms with E-state index in [1.165, 1.54) is 0 Å². The Labute approximate surface area is 94.3 Å². The molecule has 5 nitrogen and oxygen atoms in total. The fraction of sp³-hybridized carbons (Fsp3) is 0.273. The van der Waals surface area contributed by atoms with Gasteiger partial charge in [-0.25, -0.2) is 10.4 Å². The Hall–Kier alpha value is -1.72. The Morgan fingerprint density at radius 3 is 2.69 bits per heavy atom. The van der Waals surface area contributed by atoms with Crippen LogP contribution in [0.5, 0.6) is 0 Å². The number of aromatic nitrogens is 3. The number of hydrogen-bond donors (Lipinski definition) is 2. The lowest BCUT2D eigenvalue weighted by Gasteiger charge is -2.15. The zero-order chi connectivity index (χ0) is 11.5. The van der Waals surface area contributed by atoms with Gasteiger partial charge in [-0.15, -0.1) is 0 Å². The maximum Gasteiger partial charge on any atom is 0.131 e. The third kappa shape index (κ3) is 1.95. The molecular formula is C11H15N5. The van der Waals surface area contributed by atoms with Crippen LogP contribution in [0.1, 0.15) is 23.1 Å². The van der Waals surface area contributed by atoms with Crippen molar-refractivity contribution in [2.24, 2.45) is 12.9 Å². The van der Waals surface area contributed by atoms with E-state index in [1.54, 1.807) is 6.20 Å². The predicted octanol–water partition coefficient (Wildman–Crippen LogP) is 0.676. The zero-order valence-electron chi connectivity index (χ0n) is 9.38. The number of imidazole rings is 1. The van der Waals surface area contributed by atoms with Crippen LogP contribution in [-0.2, 0) is 7.05 Å². The molecule has 84 valence electrons. The van der Waals surface area contributed by atoms with E-state index in [0.717, 1.165) is 17.1 Å². The highest BCUT2D eigenvalue weighted by atomic mass is 15.3. The smallest absolute Gasteiger partial charge is 0.131 e. The largest absolute Gasteiger partial charge is 0.336 e. The number of rotatable bonds is 3. The van der Waals surface area contributed by atoms with Crippen molar-refractivity contribution in [3.8, 4) is 0 Å². The third-order valence-corrected chi connectivity index (χ3v) is 2.55. The number of aryl methyl sites for hydroxylation is 2. The molecule has 0 bridgehead atoms. The number of hydrazine groups is 1. The van der Waals surface area contributed by atoms with Gasteiger partial charge in [-0.2, -0.15) is 0 Å². The van der Waals surface area contributed by atoms with Crippen molar-refractivity contribution in [2.75, 3.05) is 0 Å². The van der Waals surface area contributed by atoms with Gasteiger partial charge in [-0.3, -0.25) is 10.8 Å². The molecule has 0 amide bonds. The minimum Gasteiger partial charge on any atom is -0.336 e. The molecule has 2 heterocycles. The molecule has 16 heavy (non-hydrogen) atoms. The Morgan fingerprint density at radius 1 is 1.38 bits per heavy atom. The van der Waals surface area contributed by atoms with Gasteiger partial charge < -0.3 is 4.57 Å². The Morgan fingerprint density at radius 2 is 2.19 bits per heavy atom. The van der Waals surface area contributed by atoms with Gasteiger partial charge in [-0.05, 0) is 18.6 Å². The Bertz CT molecular complexity index is 459. The molecule has 0 aliphatic rings. The first kappa shape index (κ1) is 10.8. The second kappa shape index (κ2) is 4.42. The molecule has 1 unspecified atom stereocenters. The summed E-state index contributed by atoms with van der Waals surface area (Å²) in [6, 6.07) is 3.83. The topological polar surface area (TPSA) is 68.8 Å². The summed E-state index contributed by atoms with van der Waals surface area (Å²) in [5.74, 6) is 6.44. The molecule has 0 aromatic carbocycles. The van der Waals surface area contributed by atoms with E-state index in [1.807, 2.05) is 43.1 Å². The van der Waals surface area contributed by atoms with Crippen molar-refractivity contribution in [1.29, 1.82) is 0 Å². The maximum atomic E-state index is 5.57. The van der Waals surface area contributed by atoms with E-state index in [2.05, 4.69) is 15.4 Å². The third-order valence-electron chi connectivity index (χ3n) is 2.55. The molecule has 0 fully saturated rings. The standard InChI is InChI=1S/C11H15N5/c1-8-3-4-9(7-14-8)10(15-12)11-13-5-6-16(11)2/h3-7,10,15H,12H2,1-2H3. The van der Waals surface area contributed by atoms with Crippen molar-refractivity contribution in [3.05, 3.63) is 47.8 Å². The molecule has 5 heteroatoms. The van der Waals surface area contributed by atoms with Gasteiger partial charge in [-0.1, -0.05) is 6.07 Å². The van der Waals surface area contributed by atoms with Crippen LogP contribution in [0.3, 0.4) is 0 Å². The second-order valence-corrected chi connectivity index (χ2v) is 3.73. The summed E-state index contributed by atoms with van der Waals surface area (Å²) in [6.07, 6.45) is 5.46.